The Hall–Kier alpha value is -0.570. The maximum Gasteiger partial charge on any atom is 0.221 e. The number of amides is 1. The zero-order valence-corrected chi connectivity index (χ0v) is 10.9. The Balaban J connectivity index is 2.34. The number of carbonyl (C=O) groups is 1. The Labute approximate surface area is 99.2 Å². The fourth-order valence-corrected chi connectivity index (χ4v) is 2.56. The first-order valence-electron chi connectivity index (χ1n) is 6.50. The van der Waals surface area contributed by atoms with Gasteiger partial charge in [0.15, 0.2) is 0 Å². The van der Waals surface area contributed by atoms with Crippen molar-refractivity contribution in [1.29, 1.82) is 0 Å². The molecule has 1 aliphatic carbocycles. The molecular weight excluding hydrogens is 200 g/mol. The molecule has 0 aromatic heterocycles. The van der Waals surface area contributed by atoms with Crippen molar-refractivity contribution < 1.29 is 4.79 Å². The average molecular weight is 226 g/mol. The summed E-state index contributed by atoms with van der Waals surface area (Å²) >= 11 is 0. The molecule has 0 spiro atoms. The Morgan fingerprint density at radius 2 is 2.25 bits per heavy atom. The highest BCUT2D eigenvalue weighted by Gasteiger charge is 2.35. The summed E-state index contributed by atoms with van der Waals surface area (Å²) in [6.45, 7) is 6.56. The Morgan fingerprint density at radius 3 is 2.75 bits per heavy atom. The monoisotopic (exact) mass is 226 g/mol. The van der Waals surface area contributed by atoms with Crippen LogP contribution in [0.5, 0.6) is 0 Å². The van der Waals surface area contributed by atoms with E-state index in [-0.39, 0.29) is 17.4 Å². The highest BCUT2D eigenvalue weighted by molar-refractivity contribution is 5.77. The number of hydrogen-bond donors (Lipinski definition) is 2. The molecule has 2 atom stereocenters. The molecule has 1 aliphatic rings. The van der Waals surface area contributed by atoms with Gasteiger partial charge in [-0.1, -0.05) is 33.6 Å². The number of nitrogens with one attached hydrogen (secondary N) is 1. The van der Waals surface area contributed by atoms with Crippen LogP contribution in [0.25, 0.3) is 0 Å². The van der Waals surface area contributed by atoms with E-state index in [0.29, 0.717) is 12.5 Å². The maximum atomic E-state index is 11.8. The summed E-state index contributed by atoms with van der Waals surface area (Å²) in [5.41, 5.74) is 6.12. The van der Waals surface area contributed by atoms with E-state index in [9.17, 15) is 4.79 Å². The summed E-state index contributed by atoms with van der Waals surface area (Å²) in [6.07, 6.45) is 5.99. The zero-order valence-electron chi connectivity index (χ0n) is 10.9. The Morgan fingerprint density at radius 1 is 1.56 bits per heavy atom. The van der Waals surface area contributed by atoms with Crippen molar-refractivity contribution in [3.05, 3.63) is 0 Å². The molecule has 0 aromatic carbocycles. The van der Waals surface area contributed by atoms with Crippen LogP contribution < -0.4 is 11.1 Å². The molecule has 2 unspecified atom stereocenters. The normalized spacial score (nSPS) is 25.4. The molecule has 0 saturated heterocycles. The highest BCUT2D eigenvalue weighted by Crippen LogP contribution is 2.37. The van der Waals surface area contributed by atoms with E-state index < -0.39 is 0 Å². The quantitative estimate of drug-likeness (QED) is 0.755. The summed E-state index contributed by atoms with van der Waals surface area (Å²) in [5, 5.41) is 3.14. The van der Waals surface area contributed by atoms with Crippen LogP contribution in [0.4, 0.5) is 0 Å². The molecule has 1 saturated carbocycles. The minimum absolute atomic E-state index is 0.0227. The molecule has 0 aromatic rings. The smallest absolute Gasteiger partial charge is 0.221 e. The van der Waals surface area contributed by atoms with Crippen molar-refractivity contribution in [3.63, 3.8) is 0 Å². The van der Waals surface area contributed by atoms with Crippen LogP contribution in [-0.2, 0) is 4.79 Å². The van der Waals surface area contributed by atoms with Gasteiger partial charge in [-0.05, 0) is 24.7 Å². The molecule has 0 bridgehead atoms. The van der Waals surface area contributed by atoms with Crippen LogP contribution >= 0.6 is 0 Å². The van der Waals surface area contributed by atoms with Crippen LogP contribution in [0, 0.1) is 5.41 Å². The minimum atomic E-state index is 0.0227. The van der Waals surface area contributed by atoms with Gasteiger partial charge in [0.25, 0.3) is 0 Å². The topological polar surface area (TPSA) is 55.1 Å². The molecule has 1 amide bonds. The van der Waals surface area contributed by atoms with E-state index in [2.05, 4.69) is 26.1 Å². The number of carbonyl (C=O) groups excluding carboxylic acids is 1. The number of rotatable bonds is 5. The Kier molecular flexibility index (Phi) is 4.78. The summed E-state index contributed by atoms with van der Waals surface area (Å²) < 4.78 is 0. The van der Waals surface area contributed by atoms with E-state index in [1.54, 1.807) is 0 Å². The Bertz CT molecular complexity index is 238. The van der Waals surface area contributed by atoms with Crippen molar-refractivity contribution in [3.8, 4) is 0 Å². The van der Waals surface area contributed by atoms with Crippen molar-refractivity contribution in [1.82, 2.24) is 5.32 Å². The second kappa shape index (κ2) is 5.67. The molecule has 0 heterocycles. The third-order valence-electron chi connectivity index (χ3n) is 3.70. The van der Waals surface area contributed by atoms with E-state index in [0.717, 1.165) is 19.3 Å². The van der Waals surface area contributed by atoms with Gasteiger partial charge in [-0.25, -0.2) is 0 Å². The summed E-state index contributed by atoms with van der Waals surface area (Å²) in [6, 6.07) is 0.364. The van der Waals surface area contributed by atoms with Crippen molar-refractivity contribution in [2.24, 2.45) is 11.1 Å². The predicted molar refractivity (Wildman–Crippen MR) is 67.1 cm³/mol. The van der Waals surface area contributed by atoms with Gasteiger partial charge in [0, 0.05) is 18.5 Å². The van der Waals surface area contributed by atoms with Gasteiger partial charge < -0.3 is 11.1 Å². The van der Waals surface area contributed by atoms with Crippen LogP contribution in [0.3, 0.4) is 0 Å². The lowest BCUT2D eigenvalue weighted by Gasteiger charge is -2.28. The van der Waals surface area contributed by atoms with Crippen molar-refractivity contribution in [2.45, 2.75) is 71.4 Å². The fourth-order valence-electron chi connectivity index (χ4n) is 2.56. The molecule has 0 aliphatic heterocycles. The first kappa shape index (κ1) is 13.5. The van der Waals surface area contributed by atoms with Crippen LogP contribution in [-0.4, -0.2) is 18.0 Å². The predicted octanol–water partition coefficient (Wildman–Crippen LogP) is 2.20. The summed E-state index contributed by atoms with van der Waals surface area (Å²) in [7, 11) is 0. The molecule has 3 nitrogen and oxygen atoms in total. The van der Waals surface area contributed by atoms with Crippen LogP contribution in [0.1, 0.15) is 59.3 Å². The summed E-state index contributed by atoms with van der Waals surface area (Å²) in [5.74, 6) is 0.126. The van der Waals surface area contributed by atoms with Gasteiger partial charge in [-0.15, -0.1) is 0 Å². The highest BCUT2D eigenvalue weighted by atomic mass is 16.1. The maximum absolute atomic E-state index is 11.8. The van der Waals surface area contributed by atoms with E-state index in [1.807, 2.05) is 0 Å². The second-order valence-corrected chi connectivity index (χ2v) is 5.75. The van der Waals surface area contributed by atoms with E-state index >= 15 is 0 Å². The van der Waals surface area contributed by atoms with E-state index in [1.165, 1.54) is 12.8 Å². The number of hydrogen-bond acceptors (Lipinski definition) is 2. The lowest BCUT2D eigenvalue weighted by molar-refractivity contribution is -0.122. The van der Waals surface area contributed by atoms with Crippen molar-refractivity contribution in [2.75, 3.05) is 0 Å². The van der Waals surface area contributed by atoms with Gasteiger partial charge in [-0.3, -0.25) is 4.79 Å². The first-order chi connectivity index (χ1) is 7.45. The standard InChI is InChI=1S/C13H26N2O/c1-4-6-10(14)9-12(16)15-11-7-5-8-13(11,2)3/h10-11H,4-9,14H2,1-3H3,(H,15,16). The largest absolute Gasteiger partial charge is 0.353 e. The molecule has 3 N–H and O–H groups in total. The molecule has 16 heavy (non-hydrogen) atoms. The SMILES string of the molecule is CCCC(N)CC(=O)NC1CCCC1(C)C. The van der Waals surface area contributed by atoms with Crippen LogP contribution in [0.15, 0.2) is 0 Å². The molecule has 94 valence electrons. The summed E-state index contributed by atoms with van der Waals surface area (Å²) in [4.78, 5) is 11.8. The van der Waals surface area contributed by atoms with Gasteiger partial charge in [-0.2, -0.15) is 0 Å². The molecule has 1 fully saturated rings. The molecule has 3 heteroatoms. The molecule has 1 rings (SSSR count). The molecule has 0 radical (unpaired) electrons. The van der Waals surface area contributed by atoms with E-state index in [4.69, 9.17) is 5.73 Å². The fraction of sp³-hybridized carbons (Fsp3) is 0.923. The third kappa shape index (κ3) is 3.78. The first-order valence-corrected chi connectivity index (χ1v) is 6.50. The van der Waals surface area contributed by atoms with Crippen LogP contribution in [0.2, 0.25) is 0 Å². The number of nitrogens with two attached hydrogens (primary N) is 1. The lowest BCUT2D eigenvalue weighted by atomic mass is 9.87. The second-order valence-electron chi connectivity index (χ2n) is 5.75. The lowest BCUT2D eigenvalue weighted by Crippen LogP contribution is -2.43. The van der Waals surface area contributed by atoms with Gasteiger partial charge in [0.1, 0.15) is 0 Å². The zero-order chi connectivity index (χ0) is 12.2. The van der Waals surface area contributed by atoms with Gasteiger partial charge in [0.05, 0.1) is 0 Å². The van der Waals surface area contributed by atoms with Gasteiger partial charge >= 0.3 is 0 Å². The van der Waals surface area contributed by atoms with Crippen molar-refractivity contribution >= 4 is 5.91 Å². The molecular formula is C13H26N2O. The van der Waals surface area contributed by atoms with Gasteiger partial charge in [0.2, 0.25) is 5.91 Å². The average Bonchev–Trinajstić information content (AvgIpc) is 2.46. The third-order valence-corrected chi connectivity index (χ3v) is 3.70. The minimum Gasteiger partial charge on any atom is -0.353 e.